The van der Waals surface area contributed by atoms with Crippen LogP contribution in [0.2, 0.25) is 0 Å². The Kier molecular flexibility index (Phi) is 5.57. The first-order valence-electron chi connectivity index (χ1n) is 7.91. The first kappa shape index (κ1) is 17.7. The molecule has 2 N–H and O–H groups in total. The molecule has 2 unspecified atom stereocenters. The number of rotatable bonds is 6. The van der Waals surface area contributed by atoms with Crippen LogP contribution in [0.15, 0.2) is 24.3 Å². The second-order valence-corrected chi connectivity index (χ2v) is 6.50. The van der Waals surface area contributed by atoms with Crippen molar-refractivity contribution in [2.75, 3.05) is 13.2 Å². The summed E-state index contributed by atoms with van der Waals surface area (Å²) < 4.78 is 31.9. The molecule has 1 aromatic carbocycles. The molecule has 1 aliphatic heterocycles. The zero-order chi connectivity index (χ0) is 17.0. The predicted molar refractivity (Wildman–Crippen MR) is 84.7 cm³/mol. The maximum absolute atomic E-state index is 13.1. The molecule has 0 radical (unpaired) electrons. The van der Waals surface area contributed by atoms with Crippen molar-refractivity contribution in [2.24, 2.45) is 5.92 Å². The fourth-order valence-electron chi connectivity index (χ4n) is 2.41. The van der Waals surface area contributed by atoms with Crippen LogP contribution in [0, 0.1) is 5.92 Å². The number of carbonyl (C=O) groups is 1. The van der Waals surface area contributed by atoms with Gasteiger partial charge in [0.25, 0.3) is 5.92 Å². The van der Waals surface area contributed by atoms with Crippen LogP contribution < -0.4 is 15.4 Å². The average Bonchev–Trinajstić information content (AvgIpc) is 2.86. The molecule has 1 amide bonds. The summed E-state index contributed by atoms with van der Waals surface area (Å²) in [6.45, 7) is 6.18. The standard InChI is InChI=1S/C17H24F2N2O2/c1-11(2)9-23-14-6-4-13(5-7-14)12(3)21-16(22)15-8-17(18,19)10-20-15/h4-7,11-12,15,20H,8-10H2,1-3H3,(H,21,22). The lowest BCUT2D eigenvalue weighted by Gasteiger charge is -2.18. The highest BCUT2D eigenvalue weighted by atomic mass is 19.3. The van der Waals surface area contributed by atoms with Gasteiger partial charge in [-0.15, -0.1) is 0 Å². The Morgan fingerprint density at radius 1 is 1.35 bits per heavy atom. The van der Waals surface area contributed by atoms with Gasteiger partial charge >= 0.3 is 0 Å². The Bertz CT molecular complexity index is 532. The molecule has 1 saturated heterocycles. The van der Waals surface area contributed by atoms with Gasteiger partial charge < -0.3 is 10.1 Å². The van der Waals surface area contributed by atoms with Crippen LogP contribution in [-0.4, -0.2) is 31.0 Å². The van der Waals surface area contributed by atoms with Gasteiger partial charge in [-0.25, -0.2) is 8.78 Å². The molecule has 1 aliphatic rings. The van der Waals surface area contributed by atoms with E-state index in [1.807, 2.05) is 31.2 Å². The lowest BCUT2D eigenvalue weighted by atomic mass is 10.1. The van der Waals surface area contributed by atoms with Crippen molar-refractivity contribution in [1.82, 2.24) is 10.6 Å². The van der Waals surface area contributed by atoms with E-state index >= 15 is 0 Å². The molecule has 0 saturated carbocycles. The fourth-order valence-corrected chi connectivity index (χ4v) is 2.41. The molecule has 6 heteroatoms. The summed E-state index contributed by atoms with van der Waals surface area (Å²) in [5.41, 5.74) is 0.903. The maximum atomic E-state index is 13.1. The lowest BCUT2D eigenvalue weighted by Crippen LogP contribution is -2.41. The third-order valence-corrected chi connectivity index (χ3v) is 3.75. The van der Waals surface area contributed by atoms with Crippen LogP contribution in [-0.2, 0) is 4.79 Å². The van der Waals surface area contributed by atoms with Gasteiger partial charge in [-0.3, -0.25) is 10.1 Å². The van der Waals surface area contributed by atoms with Crippen LogP contribution in [0.3, 0.4) is 0 Å². The quantitative estimate of drug-likeness (QED) is 0.845. The Hall–Kier alpha value is -1.69. The third-order valence-electron chi connectivity index (χ3n) is 3.75. The Morgan fingerprint density at radius 3 is 2.52 bits per heavy atom. The van der Waals surface area contributed by atoms with E-state index < -0.39 is 30.8 Å². The number of nitrogens with one attached hydrogen (secondary N) is 2. The highest BCUT2D eigenvalue weighted by molar-refractivity contribution is 5.82. The molecule has 0 bridgehead atoms. The van der Waals surface area contributed by atoms with Crippen molar-refractivity contribution in [1.29, 1.82) is 0 Å². The SMILES string of the molecule is CC(C)COc1ccc(C(C)NC(=O)C2CC(F)(F)CN2)cc1. The van der Waals surface area contributed by atoms with Crippen LogP contribution >= 0.6 is 0 Å². The molecule has 2 rings (SSSR count). The highest BCUT2D eigenvalue weighted by Crippen LogP contribution is 2.26. The molecule has 2 atom stereocenters. The minimum atomic E-state index is -2.80. The lowest BCUT2D eigenvalue weighted by molar-refractivity contribution is -0.124. The van der Waals surface area contributed by atoms with Crippen LogP contribution in [0.5, 0.6) is 5.75 Å². The molecule has 0 aromatic heterocycles. The molecular formula is C17H24F2N2O2. The Labute approximate surface area is 135 Å². The molecular weight excluding hydrogens is 302 g/mol. The van der Waals surface area contributed by atoms with Gasteiger partial charge in [-0.2, -0.15) is 0 Å². The number of ether oxygens (including phenoxy) is 1. The Morgan fingerprint density at radius 2 is 2.00 bits per heavy atom. The normalized spacial score (nSPS) is 21.2. The third kappa shape index (κ3) is 5.16. The van der Waals surface area contributed by atoms with Gasteiger partial charge in [0.2, 0.25) is 5.91 Å². The van der Waals surface area contributed by atoms with Gasteiger partial charge in [-0.1, -0.05) is 26.0 Å². The number of alkyl halides is 2. The van der Waals surface area contributed by atoms with Crippen molar-refractivity contribution in [3.63, 3.8) is 0 Å². The topological polar surface area (TPSA) is 50.4 Å². The molecule has 1 aromatic rings. The van der Waals surface area contributed by atoms with Crippen molar-refractivity contribution >= 4 is 5.91 Å². The van der Waals surface area contributed by atoms with Crippen molar-refractivity contribution in [2.45, 2.75) is 45.2 Å². The summed E-state index contributed by atoms with van der Waals surface area (Å²) in [5, 5.41) is 5.33. The van der Waals surface area contributed by atoms with E-state index in [1.165, 1.54) is 0 Å². The van der Waals surface area contributed by atoms with E-state index in [-0.39, 0.29) is 6.04 Å². The van der Waals surface area contributed by atoms with Gasteiger partial charge in [0.05, 0.1) is 25.2 Å². The molecule has 1 fully saturated rings. The molecule has 4 nitrogen and oxygen atoms in total. The number of halogens is 2. The van der Waals surface area contributed by atoms with Gasteiger partial charge in [-0.05, 0) is 30.5 Å². The summed E-state index contributed by atoms with van der Waals surface area (Å²) in [6, 6.07) is 6.36. The van der Waals surface area contributed by atoms with E-state index in [0.29, 0.717) is 12.5 Å². The van der Waals surface area contributed by atoms with E-state index in [1.54, 1.807) is 0 Å². The molecule has 23 heavy (non-hydrogen) atoms. The molecule has 128 valence electrons. The first-order chi connectivity index (χ1) is 10.8. The second kappa shape index (κ2) is 7.25. The summed E-state index contributed by atoms with van der Waals surface area (Å²) in [5.74, 6) is -1.97. The average molecular weight is 326 g/mol. The second-order valence-electron chi connectivity index (χ2n) is 6.50. The summed E-state index contributed by atoms with van der Waals surface area (Å²) in [4.78, 5) is 12.0. The van der Waals surface area contributed by atoms with Crippen LogP contribution in [0.1, 0.15) is 38.8 Å². The monoisotopic (exact) mass is 326 g/mol. The molecule has 1 heterocycles. The number of carbonyl (C=O) groups excluding carboxylic acids is 1. The minimum absolute atomic E-state index is 0.252. The van der Waals surface area contributed by atoms with Gasteiger partial charge in [0.15, 0.2) is 0 Å². The number of hydrogen-bond acceptors (Lipinski definition) is 3. The predicted octanol–water partition coefficient (Wildman–Crippen LogP) is 2.90. The van der Waals surface area contributed by atoms with Gasteiger partial charge in [0.1, 0.15) is 5.75 Å². The zero-order valence-electron chi connectivity index (χ0n) is 13.7. The zero-order valence-corrected chi connectivity index (χ0v) is 13.7. The highest BCUT2D eigenvalue weighted by Gasteiger charge is 2.42. The van der Waals surface area contributed by atoms with E-state index in [0.717, 1.165) is 11.3 Å². The Balaban J connectivity index is 1.88. The summed E-state index contributed by atoms with van der Waals surface area (Å²) in [6.07, 6.45) is -0.451. The number of benzene rings is 1. The fraction of sp³-hybridized carbons (Fsp3) is 0.588. The van der Waals surface area contributed by atoms with Crippen LogP contribution in [0.4, 0.5) is 8.78 Å². The van der Waals surface area contributed by atoms with Gasteiger partial charge in [0, 0.05) is 6.42 Å². The molecule has 0 spiro atoms. The maximum Gasteiger partial charge on any atom is 0.262 e. The largest absolute Gasteiger partial charge is 0.493 e. The van der Waals surface area contributed by atoms with Crippen molar-refractivity contribution < 1.29 is 18.3 Å². The van der Waals surface area contributed by atoms with Crippen molar-refractivity contribution in [3.8, 4) is 5.75 Å². The van der Waals surface area contributed by atoms with E-state index in [9.17, 15) is 13.6 Å². The van der Waals surface area contributed by atoms with E-state index in [4.69, 9.17) is 4.74 Å². The van der Waals surface area contributed by atoms with Crippen LogP contribution in [0.25, 0.3) is 0 Å². The smallest absolute Gasteiger partial charge is 0.262 e. The first-order valence-corrected chi connectivity index (χ1v) is 7.91. The minimum Gasteiger partial charge on any atom is -0.493 e. The summed E-state index contributed by atoms with van der Waals surface area (Å²) >= 11 is 0. The molecule has 0 aliphatic carbocycles. The number of hydrogen-bond donors (Lipinski definition) is 2. The van der Waals surface area contributed by atoms with E-state index in [2.05, 4.69) is 24.5 Å². The summed E-state index contributed by atoms with van der Waals surface area (Å²) in [7, 11) is 0. The van der Waals surface area contributed by atoms with Crippen molar-refractivity contribution in [3.05, 3.63) is 29.8 Å². The number of amides is 1.